The van der Waals surface area contributed by atoms with Crippen LogP contribution in [0.3, 0.4) is 0 Å². The van der Waals surface area contributed by atoms with E-state index in [1.165, 1.54) is 12.1 Å². The van der Waals surface area contributed by atoms with Gasteiger partial charge in [-0.25, -0.2) is 5.84 Å². The number of aromatic nitrogens is 2. The van der Waals surface area contributed by atoms with Crippen LogP contribution >= 0.6 is 0 Å². The lowest BCUT2D eigenvalue weighted by Gasteiger charge is -2.08. The molecule has 2 heterocycles. The normalized spacial score (nSPS) is 10.0. The summed E-state index contributed by atoms with van der Waals surface area (Å²) in [7, 11) is 0. The summed E-state index contributed by atoms with van der Waals surface area (Å²) < 4.78 is 5.43. The Kier molecular flexibility index (Phi) is 3.53. The molecule has 0 aromatic carbocycles. The number of nitrogens with two attached hydrogens (primary N) is 1. The molecule has 0 saturated carbocycles. The van der Waals surface area contributed by atoms with Crippen LogP contribution in [0, 0.1) is 17.0 Å². The first kappa shape index (κ1) is 12.7. The molecule has 0 aliphatic heterocycles. The molecule has 0 atom stereocenters. The first-order valence-electron chi connectivity index (χ1n) is 5.33. The minimum Gasteiger partial charge on any atom is -0.432 e. The van der Waals surface area contributed by atoms with Crippen molar-refractivity contribution in [1.82, 2.24) is 9.97 Å². The highest BCUT2D eigenvalue weighted by Gasteiger charge is 2.19. The van der Waals surface area contributed by atoms with Crippen molar-refractivity contribution in [2.45, 2.75) is 6.92 Å². The highest BCUT2D eigenvalue weighted by molar-refractivity contribution is 5.50. The number of hydrazine groups is 1. The third-order valence-corrected chi connectivity index (χ3v) is 2.35. The SMILES string of the molecule is Cc1ncccc1Oc1nc(NN)ccc1[N+](=O)[O-]. The summed E-state index contributed by atoms with van der Waals surface area (Å²) in [5, 5.41) is 10.9. The van der Waals surface area contributed by atoms with Crippen molar-refractivity contribution in [1.29, 1.82) is 0 Å². The highest BCUT2D eigenvalue weighted by Crippen LogP contribution is 2.31. The number of rotatable bonds is 4. The van der Waals surface area contributed by atoms with Crippen molar-refractivity contribution in [3.63, 3.8) is 0 Å². The monoisotopic (exact) mass is 261 g/mol. The predicted octanol–water partition coefficient (Wildman–Crippen LogP) is 1.77. The molecule has 2 rings (SSSR count). The molecule has 0 unspecified atom stereocenters. The number of nitro groups is 1. The zero-order valence-corrected chi connectivity index (χ0v) is 10.0. The lowest BCUT2D eigenvalue weighted by atomic mass is 10.3. The van der Waals surface area contributed by atoms with Crippen molar-refractivity contribution in [2.24, 2.45) is 5.84 Å². The maximum atomic E-state index is 10.9. The van der Waals surface area contributed by atoms with E-state index in [-0.39, 0.29) is 17.4 Å². The average molecular weight is 261 g/mol. The molecule has 2 aromatic rings. The largest absolute Gasteiger partial charge is 0.432 e. The molecule has 2 aromatic heterocycles. The summed E-state index contributed by atoms with van der Waals surface area (Å²) in [6.07, 6.45) is 1.60. The fourth-order valence-electron chi connectivity index (χ4n) is 1.41. The zero-order valence-electron chi connectivity index (χ0n) is 10.0. The third-order valence-electron chi connectivity index (χ3n) is 2.35. The van der Waals surface area contributed by atoms with Crippen LogP contribution in [-0.4, -0.2) is 14.9 Å². The highest BCUT2D eigenvalue weighted by atomic mass is 16.6. The Hall–Kier alpha value is -2.74. The summed E-state index contributed by atoms with van der Waals surface area (Å²) in [5.74, 6) is 5.74. The third kappa shape index (κ3) is 2.75. The summed E-state index contributed by atoms with van der Waals surface area (Å²) in [6.45, 7) is 1.73. The molecule has 8 heteroatoms. The van der Waals surface area contributed by atoms with Crippen LogP contribution < -0.4 is 16.0 Å². The van der Waals surface area contributed by atoms with Crippen molar-refractivity contribution >= 4 is 11.5 Å². The van der Waals surface area contributed by atoms with Gasteiger partial charge < -0.3 is 10.2 Å². The maximum Gasteiger partial charge on any atom is 0.331 e. The van der Waals surface area contributed by atoms with Gasteiger partial charge >= 0.3 is 11.6 Å². The van der Waals surface area contributed by atoms with Crippen molar-refractivity contribution in [3.05, 3.63) is 46.3 Å². The number of hydrogen-bond donors (Lipinski definition) is 2. The summed E-state index contributed by atoms with van der Waals surface area (Å²) in [4.78, 5) is 18.3. The Bertz CT molecular complexity index is 617. The summed E-state index contributed by atoms with van der Waals surface area (Å²) >= 11 is 0. The van der Waals surface area contributed by atoms with Gasteiger partial charge in [-0.05, 0) is 25.1 Å². The lowest BCUT2D eigenvalue weighted by Crippen LogP contribution is -2.09. The number of nitrogens with one attached hydrogen (secondary N) is 1. The Labute approximate surface area is 108 Å². The number of nitrogen functional groups attached to an aromatic ring is 1. The molecule has 0 saturated heterocycles. The first-order chi connectivity index (χ1) is 9.11. The average Bonchev–Trinajstić information content (AvgIpc) is 2.41. The van der Waals surface area contributed by atoms with E-state index in [0.29, 0.717) is 11.4 Å². The van der Waals surface area contributed by atoms with E-state index >= 15 is 0 Å². The second kappa shape index (κ2) is 5.27. The lowest BCUT2D eigenvalue weighted by molar-refractivity contribution is -0.386. The molecule has 3 N–H and O–H groups in total. The number of hydrogen-bond acceptors (Lipinski definition) is 7. The Morgan fingerprint density at radius 2 is 2.21 bits per heavy atom. The van der Waals surface area contributed by atoms with Gasteiger partial charge in [0.2, 0.25) is 0 Å². The minimum absolute atomic E-state index is 0.142. The van der Waals surface area contributed by atoms with Gasteiger partial charge in [0.1, 0.15) is 5.82 Å². The molecule has 0 aliphatic rings. The van der Waals surface area contributed by atoms with Gasteiger partial charge in [-0.2, -0.15) is 4.98 Å². The van der Waals surface area contributed by atoms with Crippen LogP contribution in [-0.2, 0) is 0 Å². The van der Waals surface area contributed by atoms with Crippen molar-refractivity contribution < 1.29 is 9.66 Å². The van der Waals surface area contributed by atoms with Crippen LogP contribution in [0.15, 0.2) is 30.5 Å². The van der Waals surface area contributed by atoms with Gasteiger partial charge in [0, 0.05) is 12.3 Å². The molecule has 0 radical (unpaired) electrons. The van der Waals surface area contributed by atoms with Crippen LogP contribution in [0.2, 0.25) is 0 Å². The number of ether oxygens (including phenoxy) is 1. The molecule has 0 amide bonds. The van der Waals surface area contributed by atoms with E-state index in [2.05, 4.69) is 15.4 Å². The first-order valence-corrected chi connectivity index (χ1v) is 5.33. The number of aryl methyl sites for hydroxylation is 1. The molecular weight excluding hydrogens is 250 g/mol. The summed E-state index contributed by atoms with van der Waals surface area (Å²) in [5.41, 5.74) is 2.66. The van der Waals surface area contributed by atoms with Gasteiger partial charge in [0.05, 0.1) is 10.6 Å². The van der Waals surface area contributed by atoms with E-state index in [0.717, 1.165) is 0 Å². The van der Waals surface area contributed by atoms with Crippen molar-refractivity contribution in [3.8, 4) is 11.6 Å². The predicted molar refractivity (Wildman–Crippen MR) is 67.7 cm³/mol. The molecule has 0 fully saturated rings. The molecule has 0 aliphatic carbocycles. The van der Waals surface area contributed by atoms with Crippen molar-refractivity contribution in [2.75, 3.05) is 5.43 Å². The fourth-order valence-corrected chi connectivity index (χ4v) is 1.41. The number of nitrogens with zero attached hydrogens (tertiary/aromatic N) is 3. The Balaban J connectivity index is 2.43. The van der Waals surface area contributed by atoms with E-state index in [4.69, 9.17) is 10.6 Å². The van der Waals surface area contributed by atoms with E-state index in [1.807, 2.05) is 0 Å². The summed E-state index contributed by atoms with van der Waals surface area (Å²) in [6, 6.07) is 5.97. The Morgan fingerprint density at radius 1 is 1.42 bits per heavy atom. The zero-order chi connectivity index (χ0) is 13.8. The minimum atomic E-state index is -0.575. The smallest absolute Gasteiger partial charge is 0.331 e. The van der Waals surface area contributed by atoms with Crippen LogP contribution in [0.5, 0.6) is 11.6 Å². The van der Waals surface area contributed by atoms with E-state index in [9.17, 15) is 10.1 Å². The quantitative estimate of drug-likeness (QED) is 0.489. The molecule has 19 heavy (non-hydrogen) atoms. The van der Waals surface area contributed by atoms with Gasteiger partial charge in [-0.3, -0.25) is 15.1 Å². The standard InChI is InChI=1S/C11H11N5O3/c1-7-9(3-2-6-13-7)19-11-8(16(17)18)4-5-10(14-11)15-12/h2-6H,12H2,1H3,(H,14,15). The van der Waals surface area contributed by atoms with Crippen LogP contribution in [0.4, 0.5) is 11.5 Å². The van der Waals surface area contributed by atoms with E-state index < -0.39 is 4.92 Å². The number of pyridine rings is 2. The van der Waals surface area contributed by atoms with Crippen LogP contribution in [0.25, 0.3) is 0 Å². The van der Waals surface area contributed by atoms with Gasteiger partial charge in [-0.1, -0.05) is 0 Å². The topological polar surface area (TPSA) is 116 Å². The second-order valence-electron chi connectivity index (χ2n) is 3.61. The molecule has 8 nitrogen and oxygen atoms in total. The maximum absolute atomic E-state index is 10.9. The van der Waals surface area contributed by atoms with Gasteiger partial charge in [0.15, 0.2) is 5.75 Å². The molecule has 0 bridgehead atoms. The second-order valence-corrected chi connectivity index (χ2v) is 3.61. The molecule has 98 valence electrons. The molecule has 0 spiro atoms. The van der Waals surface area contributed by atoms with E-state index in [1.54, 1.807) is 25.3 Å². The molecular formula is C11H11N5O3. The Morgan fingerprint density at radius 3 is 2.84 bits per heavy atom. The van der Waals surface area contributed by atoms with Gasteiger partial charge in [-0.15, -0.1) is 0 Å². The van der Waals surface area contributed by atoms with Gasteiger partial charge in [0.25, 0.3) is 0 Å². The van der Waals surface area contributed by atoms with Crippen LogP contribution in [0.1, 0.15) is 5.69 Å². The number of anilines is 1. The fraction of sp³-hybridized carbons (Fsp3) is 0.0909.